The third-order valence-electron chi connectivity index (χ3n) is 2.16. The molecule has 0 aromatic heterocycles. The summed E-state index contributed by atoms with van der Waals surface area (Å²) >= 11 is 0. The van der Waals surface area contributed by atoms with Gasteiger partial charge in [-0.15, -0.1) is 0 Å². The molecule has 18 heavy (non-hydrogen) atoms. The van der Waals surface area contributed by atoms with Gasteiger partial charge in [0.1, 0.15) is 6.29 Å². The molecule has 0 unspecified atom stereocenters. The summed E-state index contributed by atoms with van der Waals surface area (Å²) in [5, 5.41) is 0. The van der Waals surface area contributed by atoms with Crippen LogP contribution < -0.4 is 0 Å². The van der Waals surface area contributed by atoms with Gasteiger partial charge in [0.05, 0.1) is 0 Å². The van der Waals surface area contributed by atoms with E-state index in [1.54, 1.807) is 0 Å². The van der Waals surface area contributed by atoms with Crippen LogP contribution in [0.1, 0.15) is 15.9 Å². The number of rotatable bonds is 3. The molecular weight excluding hydrogens is 269 g/mol. The van der Waals surface area contributed by atoms with Crippen molar-refractivity contribution in [1.82, 2.24) is 0 Å². The number of alkyl halides is 7. The van der Waals surface area contributed by atoms with E-state index in [1.165, 1.54) is 0 Å². The molecule has 0 saturated heterocycles. The Hall–Kier alpha value is -1.60. The molecule has 100 valence electrons. The average molecular weight is 274 g/mol. The maximum atomic E-state index is 13.1. The number of hydrogen-bond donors (Lipinski definition) is 0. The molecule has 1 nitrogen and oxygen atoms in total. The standard InChI is InChI=1S/C10H5F7O/c11-8(12,9(13,14)10(15,16)17)7-3-1-6(5-18)2-4-7/h1-5H. The highest BCUT2D eigenvalue weighted by Gasteiger charge is 2.73. The van der Waals surface area contributed by atoms with Crippen LogP contribution in [0, 0.1) is 0 Å². The molecule has 0 bridgehead atoms. The van der Waals surface area contributed by atoms with E-state index >= 15 is 0 Å². The number of carbonyl (C=O) groups excluding carboxylic acids is 1. The van der Waals surface area contributed by atoms with E-state index in [1.807, 2.05) is 0 Å². The molecule has 0 saturated carbocycles. The van der Waals surface area contributed by atoms with Gasteiger partial charge in [-0.05, 0) is 0 Å². The Kier molecular flexibility index (Phi) is 3.42. The Labute approximate surface area is 96.2 Å². The molecule has 0 heterocycles. The van der Waals surface area contributed by atoms with Crippen LogP contribution in [0.5, 0.6) is 0 Å². The molecule has 8 heteroatoms. The van der Waals surface area contributed by atoms with Crippen LogP contribution in [0.25, 0.3) is 0 Å². The van der Waals surface area contributed by atoms with E-state index in [-0.39, 0.29) is 11.8 Å². The first-order chi connectivity index (χ1) is 8.04. The van der Waals surface area contributed by atoms with E-state index in [0.717, 1.165) is 12.1 Å². The minimum atomic E-state index is -6.38. The summed E-state index contributed by atoms with van der Waals surface area (Å²) in [6.07, 6.45) is -6.14. The Balaban J connectivity index is 3.23. The number of aldehydes is 1. The number of carbonyl (C=O) groups is 1. The molecule has 0 N–H and O–H groups in total. The molecule has 0 aliphatic rings. The van der Waals surface area contributed by atoms with Crippen LogP contribution in [-0.4, -0.2) is 18.4 Å². The lowest BCUT2D eigenvalue weighted by atomic mass is 10.0. The molecule has 0 spiro atoms. The zero-order valence-electron chi connectivity index (χ0n) is 8.44. The van der Waals surface area contributed by atoms with Crippen molar-refractivity contribution in [2.45, 2.75) is 18.0 Å². The monoisotopic (exact) mass is 274 g/mol. The first kappa shape index (κ1) is 14.5. The first-order valence-electron chi connectivity index (χ1n) is 4.42. The lowest BCUT2D eigenvalue weighted by Crippen LogP contribution is -2.50. The molecule has 0 aliphatic heterocycles. The van der Waals surface area contributed by atoms with Crippen molar-refractivity contribution in [3.63, 3.8) is 0 Å². The highest BCUT2D eigenvalue weighted by atomic mass is 19.4. The van der Waals surface area contributed by atoms with Gasteiger partial charge in [0.15, 0.2) is 0 Å². The molecule has 1 aromatic rings. The van der Waals surface area contributed by atoms with Gasteiger partial charge < -0.3 is 0 Å². The summed E-state index contributed by atoms with van der Waals surface area (Å²) in [5.74, 6) is -11.6. The topological polar surface area (TPSA) is 17.1 Å². The zero-order valence-corrected chi connectivity index (χ0v) is 8.44. The van der Waals surface area contributed by atoms with Crippen LogP contribution in [0.2, 0.25) is 0 Å². The number of hydrogen-bond acceptors (Lipinski definition) is 1. The van der Waals surface area contributed by atoms with Gasteiger partial charge in [0.25, 0.3) is 0 Å². The van der Waals surface area contributed by atoms with Gasteiger partial charge >= 0.3 is 18.0 Å². The second kappa shape index (κ2) is 4.25. The van der Waals surface area contributed by atoms with E-state index < -0.39 is 23.6 Å². The fourth-order valence-electron chi connectivity index (χ4n) is 1.13. The molecule has 0 atom stereocenters. The largest absolute Gasteiger partial charge is 0.460 e. The Morgan fingerprint density at radius 2 is 1.28 bits per heavy atom. The van der Waals surface area contributed by atoms with E-state index in [4.69, 9.17) is 0 Å². The maximum Gasteiger partial charge on any atom is 0.460 e. The number of benzene rings is 1. The maximum absolute atomic E-state index is 13.1. The lowest BCUT2D eigenvalue weighted by Gasteiger charge is -2.28. The average Bonchev–Trinajstić information content (AvgIpc) is 2.27. The zero-order chi connectivity index (χ0) is 14.2. The van der Waals surface area contributed by atoms with Crippen molar-refractivity contribution >= 4 is 6.29 Å². The van der Waals surface area contributed by atoms with Gasteiger partial charge in [0, 0.05) is 11.1 Å². The van der Waals surface area contributed by atoms with Gasteiger partial charge in [-0.1, -0.05) is 24.3 Å². The quantitative estimate of drug-likeness (QED) is 0.605. The minimum absolute atomic E-state index is 0.120. The van der Waals surface area contributed by atoms with Crippen molar-refractivity contribution in [2.75, 3.05) is 0 Å². The van der Waals surface area contributed by atoms with Crippen molar-refractivity contribution in [3.05, 3.63) is 35.4 Å². The highest BCUT2D eigenvalue weighted by Crippen LogP contribution is 2.51. The molecule has 1 aromatic carbocycles. The van der Waals surface area contributed by atoms with Crippen LogP contribution in [0.3, 0.4) is 0 Å². The molecular formula is C10H5F7O. The van der Waals surface area contributed by atoms with Crippen molar-refractivity contribution in [3.8, 4) is 0 Å². The third kappa shape index (κ3) is 2.19. The van der Waals surface area contributed by atoms with Gasteiger partial charge in [-0.2, -0.15) is 30.7 Å². The Morgan fingerprint density at radius 1 is 0.833 bits per heavy atom. The summed E-state index contributed by atoms with van der Waals surface area (Å²) in [4.78, 5) is 10.2. The molecule has 0 fully saturated rings. The second-order valence-electron chi connectivity index (χ2n) is 3.39. The van der Waals surface area contributed by atoms with Gasteiger partial charge in [0.2, 0.25) is 0 Å². The predicted octanol–water partition coefficient (Wildman–Crippen LogP) is 3.79. The van der Waals surface area contributed by atoms with Crippen LogP contribution >= 0.6 is 0 Å². The van der Waals surface area contributed by atoms with Crippen molar-refractivity contribution < 1.29 is 35.5 Å². The fourth-order valence-corrected chi connectivity index (χ4v) is 1.13. The van der Waals surface area contributed by atoms with Crippen LogP contribution in [0.4, 0.5) is 30.7 Å². The summed E-state index contributed by atoms with van der Waals surface area (Å²) in [6, 6.07) is 2.15. The molecule has 0 amide bonds. The highest BCUT2D eigenvalue weighted by molar-refractivity contribution is 5.74. The predicted molar refractivity (Wildman–Crippen MR) is 46.7 cm³/mol. The van der Waals surface area contributed by atoms with E-state index in [2.05, 4.69) is 0 Å². The summed E-state index contributed by atoms with van der Waals surface area (Å²) in [6.45, 7) is 0. The first-order valence-corrected chi connectivity index (χ1v) is 4.42. The fraction of sp³-hybridized carbons (Fsp3) is 0.300. The third-order valence-corrected chi connectivity index (χ3v) is 2.16. The van der Waals surface area contributed by atoms with Crippen LogP contribution in [0.15, 0.2) is 24.3 Å². The summed E-state index contributed by atoms with van der Waals surface area (Å²) < 4.78 is 87.1. The molecule has 0 radical (unpaired) electrons. The summed E-state index contributed by atoms with van der Waals surface area (Å²) in [7, 11) is 0. The smallest absolute Gasteiger partial charge is 0.298 e. The van der Waals surface area contributed by atoms with Crippen LogP contribution in [-0.2, 0) is 5.92 Å². The second-order valence-corrected chi connectivity index (χ2v) is 3.39. The van der Waals surface area contributed by atoms with Crippen molar-refractivity contribution in [1.29, 1.82) is 0 Å². The Morgan fingerprint density at radius 3 is 1.61 bits per heavy atom. The van der Waals surface area contributed by atoms with Crippen molar-refractivity contribution in [2.24, 2.45) is 0 Å². The minimum Gasteiger partial charge on any atom is -0.298 e. The molecule has 0 aliphatic carbocycles. The SMILES string of the molecule is O=Cc1ccc(C(F)(F)C(F)(F)C(F)(F)F)cc1. The normalized spacial score (nSPS) is 13.5. The lowest BCUT2D eigenvalue weighted by molar-refractivity contribution is -0.359. The van der Waals surface area contributed by atoms with Gasteiger partial charge in [-0.3, -0.25) is 4.79 Å². The summed E-state index contributed by atoms with van der Waals surface area (Å²) in [5.41, 5.74) is -1.64. The van der Waals surface area contributed by atoms with E-state index in [9.17, 15) is 35.5 Å². The van der Waals surface area contributed by atoms with Gasteiger partial charge in [-0.25, -0.2) is 0 Å². The molecule has 1 rings (SSSR count). The number of halogens is 7. The Bertz CT molecular complexity index is 433. The van der Waals surface area contributed by atoms with E-state index in [0.29, 0.717) is 12.1 Å².